The number of alkyl halides is 3. The molecule has 1 amide bonds. The average Bonchev–Trinajstić information content (AvgIpc) is 2.49. The summed E-state index contributed by atoms with van der Waals surface area (Å²) in [5.74, 6) is -0.303. The number of pyridine rings is 1. The molecule has 0 bridgehead atoms. The number of primary amides is 1. The van der Waals surface area contributed by atoms with Crippen LogP contribution in [0.2, 0.25) is 0 Å². The van der Waals surface area contributed by atoms with Gasteiger partial charge in [0.2, 0.25) is 11.8 Å². The molecule has 1 fully saturated rings. The first-order valence-electron chi connectivity index (χ1n) is 7.11. The van der Waals surface area contributed by atoms with E-state index in [1.54, 1.807) is 4.90 Å². The van der Waals surface area contributed by atoms with Crippen molar-refractivity contribution in [2.75, 3.05) is 23.7 Å². The maximum atomic E-state index is 12.5. The van der Waals surface area contributed by atoms with Crippen molar-refractivity contribution in [1.82, 2.24) is 15.0 Å². The molecular weight excluding hydrogens is 341 g/mol. The number of carbonyl (C=O) groups excluding carboxylic acids is 1. The Bertz CT molecular complexity index is 790. The molecule has 25 heavy (non-hydrogen) atoms. The molecule has 132 valence electrons. The maximum absolute atomic E-state index is 12.5. The minimum absolute atomic E-state index is 0.00345. The van der Waals surface area contributed by atoms with Crippen LogP contribution in [0, 0.1) is 0 Å². The molecular formula is C14H13F3N6O2. The zero-order valence-corrected chi connectivity index (χ0v) is 12.7. The van der Waals surface area contributed by atoms with Crippen molar-refractivity contribution in [2.45, 2.75) is 12.3 Å². The number of nitrogen functional groups attached to an aromatic ring is 1. The van der Waals surface area contributed by atoms with Crippen molar-refractivity contribution < 1.29 is 22.7 Å². The number of anilines is 2. The lowest BCUT2D eigenvalue weighted by molar-refractivity contribution is -0.137. The molecule has 4 N–H and O–H groups in total. The highest BCUT2D eigenvalue weighted by Gasteiger charge is 2.33. The molecule has 8 nitrogen and oxygen atoms in total. The average molecular weight is 354 g/mol. The number of rotatable bonds is 4. The van der Waals surface area contributed by atoms with E-state index < -0.39 is 17.6 Å². The number of amides is 1. The monoisotopic (exact) mass is 354 g/mol. The van der Waals surface area contributed by atoms with E-state index in [9.17, 15) is 18.0 Å². The molecule has 1 aliphatic rings. The van der Waals surface area contributed by atoms with Crippen LogP contribution in [0.3, 0.4) is 0 Å². The Kier molecular flexibility index (Phi) is 4.07. The minimum Gasteiger partial charge on any atom is -0.471 e. The highest BCUT2D eigenvalue weighted by atomic mass is 19.4. The molecule has 0 aromatic carbocycles. The van der Waals surface area contributed by atoms with Gasteiger partial charge in [-0.3, -0.25) is 4.79 Å². The first-order chi connectivity index (χ1) is 11.7. The molecule has 3 rings (SSSR count). The molecule has 0 unspecified atom stereocenters. The number of carbonyl (C=O) groups is 1. The smallest absolute Gasteiger partial charge is 0.417 e. The molecule has 0 spiro atoms. The van der Waals surface area contributed by atoms with Gasteiger partial charge in [0.1, 0.15) is 17.6 Å². The van der Waals surface area contributed by atoms with Gasteiger partial charge in [-0.05, 0) is 6.07 Å². The van der Waals surface area contributed by atoms with Gasteiger partial charge < -0.3 is 21.1 Å². The maximum Gasteiger partial charge on any atom is 0.417 e. The van der Waals surface area contributed by atoms with Crippen molar-refractivity contribution in [3.8, 4) is 5.88 Å². The Hall–Kier alpha value is -3.11. The molecule has 0 atom stereocenters. The van der Waals surface area contributed by atoms with Gasteiger partial charge in [0.05, 0.1) is 18.7 Å². The molecule has 0 aliphatic carbocycles. The van der Waals surface area contributed by atoms with E-state index in [2.05, 4.69) is 15.0 Å². The van der Waals surface area contributed by atoms with Crippen LogP contribution in [0.15, 0.2) is 24.4 Å². The van der Waals surface area contributed by atoms with Crippen molar-refractivity contribution in [3.63, 3.8) is 0 Å². The topological polar surface area (TPSA) is 120 Å². The Balaban J connectivity index is 1.61. The van der Waals surface area contributed by atoms with E-state index in [0.29, 0.717) is 19.3 Å². The predicted molar refractivity (Wildman–Crippen MR) is 80.8 cm³/mol. The molecule has 0 saturated carbocycles. The molecule has 11 heteroatoms. The predicted octanol–water partition coefficient (Wildman–Crippen LogP) is 0.839. The fourth-order valence-electron chi connectivity index (χ4n) is 2.18. The highest BCUT2D eigenvalue weighted by Crippen LogP contribution is 2.29. The standard InChI is InChI=1S/C14H13F3N6O2/c15-14(16,17)7-1-2-11(20-4-7)25-8-5-23(6-8)13-21-9(12(19)24)3-10(18)22-13/h1-4,8H,5-6H2,(H2,19,24)(H2,18,21,22). The van der Waals surface area contributed by atoms with Crippen LogP contribution in [0.1, 0.15) is 16.1 Å². The Morgan fingerprint density at radius 1 is 1.28 bits per heavy atom. The quantitative estimate of drug-likeness (QED) is 0.834. The molecule has 1 saturated heterocycles. The summed E-state index contributed by atoms with van der Waals surface area (Å²) in [4.78, 5) is 24.5. The fraction of sp³-hybridized carbons (Fsp3) is 0.286. The van der Waals surface area contributed by atoms with Gasteiger partial charge in [0.25, 0.3) is 5.91 Å². The van der Waals surface area contributed by atoms with E-state index in [4.69, 9.17) is 16.2 Å². The molecule has 3 heterocycles. The van der Waals surface area contributed by atoms with E-state index >= 15 is 0 Å². The fourth-order valence-corrected chi connectivity index (χ4v) is 2.18. The summed E-state index contributed by atoms with van der Waals surface area (Å²) >= 11 is 0. The summed E-state index contributed by atoms with van der Waals surface area (Å²) in [5.41, 5.74) is 9.92. The zero-order chi connectivity index (χ0) is 18.2. The molecule has 1 aliphatic heterocycles. The third kappa shape index (κ3) is 3.70. The number of ether oxygens (including phenoxy) is 1. The summed E-state index contributed by atoms with van der Waals surface area (Å²) < 4.78 is 42.9. The summed E-state index contributed by atoms with van der Waals surface area (Å²) in [7, 11) is 0. The largest absolute Gasteiger partial charge is 0.471 e. The number of nitrogens with two attached hydrogens (primary N) is 2. The number of nitrogens with zero attached hydrogens (tertiary/aromatic N) is 4. The molecule has 2 aromatic rings. The second-order valence-corrected chi connectivity index (χ2v) is 5.37. The van der Waals surface area contributed by atoms with Gasteiger partial charge in [-0.2, -0.15) is 18.2 Å². The Morgan fingerprint density at radius 3 is 2.56 bits per heavy atom. The van der Waals surface area contributed by atoms with Gasteiger partial charge >= 0.3 is 6.18 Å². The minimum atomic E-state index is -4.44. The van der Waals surface area contributed by atoms with Crippen LogP contribution in [-0.2, 0) is 6.18 Å². The number of halogens is 3. The van der Waals surface area contributed by atoms with E-state index in [0.717, 1.165) is 12.1 Å². The van der Waals surface area contributed by atoms with Crippen molar-refractivity contribution >= 4 is 17.7 Å². The van der Waals surface area contributed by atoms with Crippen LogP contribution in [-0.4, -0.2) is 40.1 Å². The number of aromatic nitrogens is 3. The van der Waals surface area contributed by atoms with Gasteiger partial charge in [-0.15, -0.1) is 0 Å². The van der Waals surface area contributed by atoms with Crippen LogP contribution in [0.4, 0.5) is 24.9 Å². The summed E-state index contributed by atoms with van der Waals surface area (Å²) in [6, 6.07) is 3.33. The second kappa shape index (κ2) is 6.07. The van der Waals surface area contributed by atoms with Crippen molar-refractivity contribution in [2.24, 2.45) is 5.73 Å². The summed E-state index contributed by atoms with van der Waals surface area (Å²) in [6.45, 7) is 0.731. The van der Waals surface area contributed by atoms with Crippen LogP contribution < -0.4 is 21.1 Å². The van der Waals surface area contributed by atoms with E-state index in [-0.39, 0.29) is 29.4 Å². The van der Waals surface area contributed by atoms with Crippen LogP contribution in [0.5, 0.6) is 5.88 Å². The van der Waals surface area contributed by atoms with Gasteiger partial charge in [-0.25, -0.2) is 9.97 Å². The SMILES string of the molecule is NC(=O)c1cc(N)nc(N2CC(Oc3ccc(C(F)(F)F)cn3)C2)n1. The highest BCUT2D eigenvalue weighted by molar-refractivity contribution is 5.91. The Morgan fingerprint density at radius 2 is 2.00 bits per heavy atom. The van der Waals surface area contributed by atoms with Gasteiger partial charge in [0, 0.05) is 18.3 Å². The molecule has 0 radical (unpaired) electrons. The summed E-state index contributed by atoms with van der Waals surface area (Å²) in [6.07, 6.45) is -4.03. The number of hydrogen-bond donors (Lipinski definition) is 2. The van der Waals surface area contributed by atoms with Crippen molar-refractivity contribution in [3.05, 3.63) is 35.7 Å². The lowest BCUT2D eigenvalue weighted by atomic mass is 10.2. The first kappa shape index (κ1) is 16.7. The third-order valence-electron chi connectivity index (χ3n) is 3.47. The number of hydrogen-bond acceptors (Lipinski definition) is 7. The zero-order valence-electron chi connectivity index (χ0n) is 12.7. The van der Waals surface area contributed by atoms with Gasteiger partial charge in [-0.1, -0.05) is 0 Å². The van der Waals surface area contributed by atoms with Crippen LogP contribution in [0.25, 0.3) is 0 Å². The van der Waals surface area contributed by atoms with Crippen molar-refractivity contribution in [1.29, 1.82) is 0 Å². The van der Waals surface area contributed by atoms with E-state index in [1.807, 2.05) is 0 Å². The lowest BCUT2D eigenvalue weighted by Gasteiger charge is -2.38. The van der Waals surface area contributed by atoms with E-state index in [1.165, 1.54) is 6.07 Å². The van der Waals surface area contributed by atoms with Gasteiger partial charge in [0.15, 0.2) is 0 Å². The normalized spacial score (nSPS) is 14.9. The second-order valence-electron chi connectivity index (χ2n) is 5.37. The Labute approximate surface area is 139 Å². The third-order valence-corrected chi connectivity index (χ3v) is 3.47. The first-order valence-corrected chi connectivity index (χ1v) is 7.11. The summed E-state index contributed by atoms with van der Waals surface area (Å²) in [5, 5.41) is 0. The molecule has 2 aromatic heterocycles. The lowest BCUT2D eigenvalue weighted by Crippen LogP contribution is -2.54. The van der Waals surface area contributed by atoms with Crippen LogP contribution >= 0.6 is 0 Å².